The van der Waals surface area contributed by atoms with E-state index in [1.165, 1.54) is 24.1 Å². The summed E-state index contributed by atoms with van der Waals surface area (Å²) in [5, 5.41) is 0.647. The summed E-state index contributed by atoms with van der Waals surface area (Å²) in [5.41, 5.74) is 0.761. The zero-order valence-corrected chi connectivity index (χ0v) is 23.0. The zero-order chi connectivity index (χ0) is 28.6. The summed E-state index contributed by atoms with van der Waals surface area (Å²) in [4.78, 5) is 29.7. The molecular formula is C29H33ClF3N3O3. The molecule has 6 nitrogen and oxygen atoms in total. The fourth-order valence-corrected chi connectivity index (χ4v) is 4.37. The average Bonchev–Trinajstić information content (AvgIpc) is 3.32. The minimum absolute atomic E-state index is 0.0513. The van der Waals surface area contributed by atoms with Gasteiger partial charge in [-0.1, -0.05) is 49.7 Å². The molecule has 2 aromatic carbocycles. The fraction of sp³-hybridized carbons (Fsp3) is 0.379. The third kappa shape index (κ3) is 8.60. The van der Waals surface area contributed by atoms with Crippen molar-refractivity contribution in [3.8, 4) is 0 Å². The molecule has 0 bridgehead atoms. The molecule has 0 radical (unpaired) electrons. The van der Waals surface area contributed by atoms with Gasteiger partial charge >= 0.3 is 6.18 Å². The van der Waals surface area contributed by atoms with Crippen LogP contribution in [0.15, 0.2) is 66.9 Å². The Morgan fingerprint density at radius 3 is 2.44 bits per heavy atom. The summed E-state index contributed by atoms with van der Waals surface area (Å²) in [6.45, 7) is 5.12. The SMILES string of the molecule is COCCN(CC(=O)N(Cc1cccn1Cc1ccccc1Cl)CC(C)C)C(=O)c1cccc(C(F)(F)F)c1. The number of ether oxygens (including phenoxy) is 1. The standard InChI is InChI=1S/C29H33ClF3N3O3/c1-21(2)17-36(19-25-11-7-13-34(25)18-23-8-4-5-12-26(23)30)27(37)20-35(14-15-39-3)28(38)22-9-6-10-24(16-22)29(31,32)33/h4-13,16,21H,14-15,17-20H2,1-3H3. The number of carbonyl (C=O) groups is 2. The molecule has 0 aliphatic rings. The van der Waals surface area contributed by atoms with Gasteiger partial charge in [0.25, 0.3) is 5.91 Å². The Kier molecular flexibility index (Phi) is 10.6. The van der Waals surface area contributed by atoms with Gasteiger partial charge in [-0.25, -0.2) is 0 Å². The number of nitrogens with zero attached hydrogens (tertiary/aromatic N) is 3. The molecule has 1 heterocycles. The first-order chi connectivity index (χ1) is 18.5. The molecule has 0 N–H and O–H groups in total. The van der Waals surface area contributed by atoms with Gasteiger partial charge in [0.2, 0.25) is 5.91 Å². The second-order valence-electron chi connectivity index (χ2n) is 9.69. The molecule has 3 rings (SSSR count). The molecule has 2 amide bonds. The number of rotatable bonds is 12. The van der Waals surface area contributed by atoms with Crippen LogP contribution >= 0.6 is 11.6 Å². The maximum atomic E-state index is 13.5. The summed E-state index contributed by atoms with van der Waals surface area (Å²) in [6, 6.07) is 15.6. The normalized spacial score (nSPS) is 11.6. The molecule has 3 aromatic rings. The predicted octanol–water partition coefficient (Wildman–Crippen LogP) is 5.98. The molecule has 0 saturated carbocycles. The second kappa shape index (κ2) is 13.7. The van der Waals surface area contributed by atoms with Crippen molar-refractivity contribution in [3.63, 3.8) is 0 Å². The van der Waals surface area contributed by atoms with E-state index in [2.05, 4.69) is 0 Å². The Morgan fingerprint density at radius 1 is 1.03 bits per heavy atom. The Balaban J connectivity index is 1.81. The molecule has 0 fully saturated rings. The molecule has 0 saturated heterocycles. The lowest BCUT2D eigenvalue weighted by atomic mass is 10.1. The van der Waals surface area contributed by atoms with Gasteiger partial charge in [-0.2, -0.15) is 13.2 Å². The lowest BCUT2D eigenvalue weighted by molar-refractivity contribution is -0.137. The van der Waals surface area contributed by atoms with E-state index in [0.29, 0.717) is 24.7 Å². The lowest BCUT2D eigenvalue weighted by Gasteiger charge is -2.29. The highest BCUT2D eigenvalue weighted by molar-refractivity contribution is 6.31. The van der Waals surface area contributed by atoms with Crippen LogP contribution in [0.4, 0.5) is 13.2 Å². The van der Waals surface area contributed by atoms with Gasteiger partial charge in [0.15, 0.2) is 0 Å². The van der Waals surface area contributed by atoms with Crippen LogP contribution in [0.2, 0.25) is 5.02 Å². The monoisotopic (exact) mass is 563 g/mol. The van der Waals surface area contributed by atoms with E-state index in [0.717, 1.165) is 23.4 Å². The zero-order valence-electron chi connectivity index (χ0n) is 22.2. The third-order valence-corrected chi connectivity index (χ3v) is 6.50. The Hall–Kier alpha value is -3.30. The number of methoxy groups -OCH3 is 1. The van der Waals surface area contributed by atoms with Crippen molar-refractivity contribution in [1.29, 1.82) is 0 Å². The molecule has 0 spiro atoms. The van der Waals surface area contributed by atoms with E-state index in [9.17, 15) is 22.8 Å². The Bertz CT molecular complexity index is 1260. The number of aromatic nitrogens is 1. The summed E-state index contributed by atoms with van der Waals surface area (Å²) in [7, 11) is 1.45. The molecule has 0 unspecified atom stereocenters. The van der Waals surface area contributed by atoms with Crippen LogP contribution in [-0.2, 0) is 28.8 Å². The second-order valence-corrected chi connectivity index (χ2v) is 10.1. The van der Waals surface area contributed by atoms with Crippen molar-refractivity contribution in [2.45, 2.75) is 33.1 Å². The quantitative estimate of drug-likeness (QED) is 0.272. The van der Waals surface area contributed by atoms with Crippen LogP contribution in [0.5, 0.6) is 0 Å². The van der Waals surface area contributed by atoms with Crippen LogP contribution in [0.25, 0.3) is 0 Å². The van der Waals surface area contributed by atoms with Crippen LogP contribution < -0.4 is 0 Å². The van der Waals surface area contributed by atoms with Crippen molar-refractivity contribution in [2.75, 3.05) is 33.4 Å². The highest BCUT2D eigenvalue weighted by atomic mass is 35.5. The summed E-state index contributed by atoms with van der Waals surface area (Å²) >= 11 is 6.34. The molecule has 0 aliphatic carbocycles. The molecule has 0 aliphatic heterocycles. The average molecular weight is 564 g/mol. The van der Waals surface area contributed by atoms with Crippen molar-refractivity contribution >= 4 is 23.4 Å². The van der Waals surface area contributed by atoms with Crippen LogP contribution in [0, 0.1) is 5.92 Å². The number of benzene rings is 2. The molecule has 39 heavy (non-hydrogen) atoms. The van der Waals surface area contributed by atoms with Gasteiger partial charge < -0.3 is 19.1 Å². The first-order valence-electron chi connectivity index (χ1n) is 12.6. The molecule has 10 heteroatoms. The highest BCUT2D eigenvalue weighted by Gasteiger charge is 2.32. The van der Waals surface area contributed by atoms with E-state index >= 15 is 0 Å². The minimum atomic E-state index is -4.59. The maximum absolute atomic E-state index is 13.5. The van der Waals surface area contributed by atoms with Crippen LogP contribution in [0.1, 0.15) is 41.0 Å². The van der Waals surface area contributed by atoms with Crippen molar-refractivity contribution < 1.29 is 27.5 Å². The van der Waals surface area contributed by atoms with E-state index in [1.807, 2.05) is 61.0 Å². The van der Waals surface area contributed by atoms with Crippen LogP contribution in [0.3, 0.4) is 0 Å². The van der Waals surface area contributed by atoms with E-state index in [-0.39, 0.29) is 37.1 Å². The number of carbonyl (C=O) groups excluding carboxylic acids is 2. The maximum Gasteiger partial charge on any atom is 0.416 e. The first-order valence-corrected chi connectivity index (χ1v) is 13.0. The van der Waals surface area contributed by atoms with E-state index in [1.54, 1.807) is 4.90 Å². The van der Waals surface area contributed by atoms with Crippen molar-refractivity contribution in [1.82, 2.24) is 14.4 Å². The van der Waals surface area contributed by atoms with Gasteiger partial charge in [-0.3, -0.25) is 9.59 Å². The van der Waals surface area contributed by atoms with E-state index < -0.39 is 17.6 Å². The van der Waals surface area contributed by atoms with Crippen LogP contribution in [-0.4, -0.2) is 59.5 Å². The number of alkyl halides is 3. The summed E-state index contributed by atoms with van der Waals surface area (Å²) < 4.78 is 46.8. The summed E-state index contributed by atoms with van der Waals surface area (Å²) in [6.07, 6.45) is -2.67. The fourth-order valence-electron chi connectivity index (χ4n) is 4.18. The predicted molar refractivity (Wildman–Crippen MR) is 144 cm³/mol. The number of hydrogen-bond donors (Lipinski definition) is 0. The smallest absolute Gasteiger partial charge is 0.383 e. The number of hydrogen-bond acceptors (Lipinski definition) is 3. The highest BCUT2D eigenvalue weighted by Crippen LogP contribution is 2.30. The van der Waals surface area contributed by atoms with Gasteiger partial charge in [0.1, 0.15) is 6.54 Å². The molecule has 0 atom stereocenters. The van der Waals surface area contributed by atoms with Gasteiger partial charge in [0, 0.05) is 49.2 Å². The molecular weight excluding hydrogens is 531 g/mol. The first kappa shape index (κ1) is 30.2. The third-order valence-electron chi connectivity index (χ3n) is 6.13. The van der Waals surface area contributed by atoms with Gasteiger partial charge in [-0.05, 0) is 47.9 Å². The number of amides is 2. The van der Waals surface area contributed by atoms with Crippen molar-refractivity contribution in [3.05, 3.63) is 94.3 Å². The van der Waals surface area contributed by atoms with E-state index in [4.69, 9.17) is 16.3 Å². The Morgan fingerprint density at radius 2 is 1.77 bits per heavy atom. The Labute approximate surface area is 231 Å². The largest absolute Gasteiger partial charge is 0.416 e. The minimum Gasteiger partial charge on any atom is -0.383 e. The number of halogens is 4. The summed E-state index contributed by atoms with van der Waals surface area (Å²) in [5.74, 6) is -0.837. The van der Waals surface area contributed by atoms with Crippen molar-refractivity contribution in [2.24, 2.45) is 5.92 Å². The molecule has 210 valence electrons. The van der Waals surface area contributed by atoms with Gasteiger partial charge in [-0.15, -0.1) is 0 Å². The van der Waals surface area contributed by atoms with Gasteiger partial charge in [0.05, 0.1) is 18.7 Å². The topological polar surface area (TPSA) is 54.8 Å². The molecule has 1 aromatic heterocycles. The lowest BCUT2D eigenvalue weighted by Crippen LogP contribution is -2.45.